The van der Waals surface area contributed by atoms with Gasteiger partial charge >= 0.3 is 0 Å². The van der Waals surface area contributed by atoms with Crippen molar-refractivity contribution in [3.8, 4) is 0 Å². The molecule has 0 saturated heterocycles. The van der Waals surface area contributed by atoms with E-state index in [0.717, 1.165) is 22.2 Å². The summed E-state index contributed by atoms with van der Waals surface area (Å²) in [6.45, 7) is 0. The van der Waals surface area contributed by atoms with Gasteiger partial charge in [-0.3, -0.25) is 0 Å². The number of para-hydroxylation sites is 1. The topological polar surface area (TPSA) is 52.0 Å². The summed E-state index contributed by atoms with van der Waals surface area (Å²) in [5.74, 6) is 0. The van der Waals surface area contributed by atoms with E-state index in [4.69, 9.17) is 10.2 Å². The number of nitrogens with zero attached hydrogens (tertiary/aromatic N) is 1. The molecule has 0 radical (unpaired) electrons. The van der Waals surface area contributed by atoms with Gasteiger partial charge in [0.2, 0.25) is 0 Å². The molecule has 3 aromatic carbocycles. The van der Waals surface area contributed by atoms with Crippen molar-refractivity contribution in [3.63, 3.8) is 0 Å². The van der Waals surface area contributed by atoms with Crippen molar-refractivity contribution in [2.24, 2.45) is 0 Å². The second-order valence-electron chi connectivity index (χ2n) is 4.40. The molecular formula is C17H14N2O. The molecule has 0 fully saturated rings. The van der Waals surface area contributed by atoms with E-state index in [1.165, 1.54) is 11.8 Å². The highest BCUT2D eigenvalue weighted by molar-refractivity contribution is 6.03. The standard InChI is InChI=1S/C11H7NO.C6H7N/c1-2-4-9-8(3-1)5-6-10-11(9)12-7-13-10;7-6-4-2-1-3-5-6/h1-7H;1-5H,7H2. The van der Waals surface area contributed by atoms with Gasteiger partial charge in [-0.2, -0.15) is 0 Å². The zero-order chi connectivity index (χ0) is 13.8. The fourth-order valence-corrected chi connectivity index (χ4v) is 2.05. The van der Waals surface area contributed by atoms with Gasteiger partial charge in [-0.05, 0) is 23.6 Å². The molecule has 0 aliphatic rings. The normalized spacial score (nSPS) is 10.2. The second-order valence-corrected chi connectivity index (χ2v) is 4.40. The molecule has 1 aromatic heterocycles. The largest absolute Gasteiger partial charge is 0.443 e. The molecule has 4 rings (SSSR count). The first-order valence-electron chi connectivity index (χ1n) is 6.36. The lowest BCUT2D eigenvalue weighted by molar-refractivity contribution is 0.602. The van der Waals surface area contributed by atoms with E-state index in [9.17, 15) is 0 Å². The van der Waals surface area contributed by atoms with Gasteiger partial charge in [0.25, 0.3) is 0 Å². The molecule has 0 amide bonds. The Hall–Kier alpha value is -2.81. The average Bonchev–Trinajstić information content (AvgIpc) is 2.98. The van der Waals surface area contributed by atoms with Crippen LogP contribution >= 0.6 is 0 Å². The molecule has 0 atom stereocenters. The zero-order valence-corrected chi connectivity index (χ0v) is 10.9. The smallest absolute Gasteiger partial charge is 0.182 e. The average molecular weight is 262 g/mol. The van der Waals surface area contributed by atoms with Crippen LogP contribution in [0.4, 0.5) is 5.69 Å². The van der Waals surface area contributed by atoms with E-state index < -0.39 is 0 Å². The quantitative estimate of drug-likeness (QED) is 0.482. The molecule has 3 heteroatoms. The number of nitrogen functional groups attached to an aromatic ring is 1. The first-order valence-corrected chi connectivity index (χ1v) is 6.36. The number of oxazole rings is 1. The van der Waals surface area contributed by atoms with E-state index in [1.807, 2.05) is 54.6 Å². The predicted molar refractivity (Wildman–Crippen MR) is 82.4 cm³/mol. The maximum atomic E-state index is 5.36. The summed E-state index contributed by atoms with van der Waals surface area (Å²) in [7, 11) is 0. The third-order valence-corrected chi connectivity index (χ3v) is 3.02. The fourth-order valence-electron chi connectivity index (χ4n) is 2.05. The van der Waals surface area contributed by atoms with Crippen molar-refractivity contribution in [3.05, 3.63) is 73.1 Å². The van der Waals surface area contributed by atoms with E-state index in [-0.39, 0.29) is 0 Å². The Morgan fingerprint density at radius 3 is 2.30 bits per heavy atom. The molecule has 1 heterocycles. The van der Waals surface area contributed by atoms with Crippen LogP contribution in [0.5, 0.6) is 0 Å². The van der Waals surface area contributed by atoms with E-state index in [2.05, 4.69) is 17.1 Å². The molecule has 0 spiro atoms. The highest BCUT2D eigenvalue weighted by Crippen LogP contribution is 2.23. The van der Waals surface area contributed by atoms with Crippen LogP contribution in [-0.2, 0) is 0 Å². The lowest BCUT2D eigenvalue weighted by atomic mass is 10.1. The van der Waals surface area contributed by atoms with Crippen LogP contribution in [0.2, 0.25) is 0 Å². The first kappa shape index (κ1) is 12.2. The van der Waals surface area contributed by atoms with Crippen molar-refractivity contribution < 1.29 is 4.42 Å². The summed E-state index contributed by atoms with van der Waals surface area (Å²) in [4.78, 5) is 4.18. The van der Waals surface area contributed by atoms with Crippen molar-refractivity contribution >= 4 is 27.6 Å². The van der Waals surface area contributed by atoms with Crippen molar-refractivity contribution in [2.75, 3.05) is 5.73 Å². The van der Waals surface area contributed by atoms with Crippen LogP contribution < -0.4 is 5.73 Å². The predicted octanol–water partition coefficient (Wildman–Crippen LogP) is 4.25. The second kappa shape index (κ2) is 5.45. The first-order chi connectivity index (χ1) is 9.84. The third kappa shape index (κ3) is 2.47. The number of nitrogens with two attached hydrogens (primary N) is 1. The molecule has 98 valence electrons. The van der Waals surface area contributed by atoms with Gasteiger partial charge in [0.1, 0.15) is 5.52 Å². The van der Waals surface area contributed by atoms with Crippen LogP contribution in [0.3, 0.4) is 0 Å². The number of fused-ring (bicyclic) bond motifs is 3. The lowest BCUT2D eigenvalue weighted by Gasteiger charge is -1.95. The van der Waals surface area contributed by atoms with Crippen LogP contribution in [0.25, 0.3) is 21.9 Å². The molecule has 0 aliphatic heterocycles. The number of hydrogen-bond donors (Lipinski definition) is 1. The lowest BCUT2D eigenvalue weighted by Crippen LogP contribution is -1.79. The maximum Gasteiger partial charge on any atom is 0.182 e. The summed E-state index contributed by atoms with van der Waals surface area (Å²) in [5, 5.41) is 2.35. The van der Waals surface area contributed by atoms with Crippen LogP contribution in [0.1, 0.15) is 0 Å². The summed E-state index contributed by atoms with van der Waals surface area (Å²) >= 11 is 0. The van der Waals surface area contributed by atoms with Crippen molar-refractivity contribution in [1.82, 2.24) is 4.98 Å². The Labute approximate surface area is 116 Å². The van der Waals surface area contributed by atoms with Gasteiger partial charge in [0.05, 0.1) is 0 Å². The summed E-state index contributed by atoms with van der Waals surface area (Å²) in [5.41, 5.74) is 7.97. The number of benzene rings is 3. The number of anilines is 1. The highest BCUT2D eigenvalue weighted by Gasteiger charge is 2.01. The zero-order valence-electron chi connectivity index (χ0n) is 10.9. The van der Waals surface area contributed by atoms with E-state index >= 15 is 0 Å². The molecule has 0 saturated carbocycles. The van der Waals surface area contributed by atoms with Gasteiger partial charge in [-0.25, -0.2) is 4.98 Å². The van der Waals surface area contributed by atoms with Crippen molar-refractivity contribution in [1.29, 1.82) is 0 Å². The SMILES string of the molecule is Nc1ccccc1.c1ccc2c(c1)ccc1ocnc12. The summed E-state index contributed by atoms with van der Waals surface area (Å²) in [6, 6.07) is 21.6. The monoisotopic (exact) mass is 262 g/mol. The van der Waals surface area contributed by atoms with Gasteiger partial charge in [-0.1, -0.05) is 48.5 Å². The highest BCUT2D eigenvalue weighted by atomic mass is 16.3. The molecule has 3 nitrogen and oxygen atoms in total. The Morgan fingerprint density at radius 1 is 0.800 bits per heavy atom. The fraction of sp³-hybridized carbons (Fsp3) is 0. The molecule has 0 aliphatic carbocycles. The molecule has 20 heavy (non-hydrogen) atoms. The molecule has 4 aromatic rings. The Bertz CT molecular complexity index is 822. The minimum Gasteiger partial charge on any atom is -0.443 e. The van der Waals surface area contributed by atoms with E-state index in [1.54, 1.807) is 0 Å². The molecule has 2 N–H and O–H groups in total. The Kier molecular flexibility index (Phi) is 3.33. The maximum absolute atomic E-state index is 5.36. The van der Waals surface area contributed by atoms with Crippen LogP contribution in [-0.4, -0.2) is 4.98 Å². The summed E-state index contributed by atoms with van der Waals surface area (Å²) < 4.78 is 5.21. The number of hydrogen-bond acceptors (Lipinski definition) is 3. The number of rotatable bonds is 0. The Balaban J connectivity index is 0.000000147. The van der Waals surface area contributed by atoms with Crippen LogP contribution in [0.15, 0.2) is 77.5 Å². The van der Waals surface area contributed by atoms with Gasteiger partial charge < -0.3 is 10.2 Å². The van der Waals surface area contributed by atoms with Gasteiger partial charge in [0.15, 0.2) is 12.0 Å². The molecule has 0 bridgehead atoms. The van der Waals surface area contributed by atoms with Crippen LogP contribution in [0, 0.1) is 0 Å². The van der Waals surface area contributed by atoms with E-state index in [0.29, 0.717) is 0 Å². The Morgan fingerprint density at radius 2 is 1.55 bits per heavy atom. The third-order valence-electron chi connectivity index (χ3n) is 3.02. The minimum absolute atomic E-state index is 0.822. The molecule has 0 unspecified atom stereocenters. The molecular weight excluding hydrogens is 248 g/mol. The number of aromatic nitrogens is 1. The van der Waals surface area contributed by atoms with Gasteiger partial charge in [-0.15, -0.1) is 0 Å². The van der Waals surface area contributed by atoms with Crippen molar-refractivity contribution in [2.45, 2.75) is 0 Å². The summed E-state index contributed by atoms with van der Waals surface area (Å²) in [6.07, 6.45) is 1.48. The van der Waals surface area contributed by atoms with Gasteiger partial charge in [0, 0.05) is 11.1 Å². The minimum atomic E-state index is 0.822.